The van der Waals surface area contributed by atoms with E-state index in [2.05, 4.69) is 0 Å². The van der Waals surface area contributed by atoms with E-state index < -0.39 is 36.4 Å². The number of ether oxygens (including phenoxy) is 6. The highest BCUT2D eigenvalue weighted by Gasteiger charge is 2.69. The fourth-order valence-electron chi connectivity index (χ4n) is 6.92. The van der Waals surface area contributed by atoms with Crippen LogP contribution < -0.4 is 4.74 Å². The van der Waals surface area contributed by atoms with E-state index in [4.69, 9.17) is 40.0 Å². The number of fused-ring (bicyclic) bond motifs is 2. The molecule has 6 nitrogen and oxygen atoms in total. The first-order valence-electron chi connectivity index (χ1n) is 17.4. The van der Waals surface area contributed by atoms with E-state index in [1.165, 1.54) is 0 Å². The molecule has 0 unspecified atom stereocenters. The molecule has 0 radical (unpaired) electrons. The summed E-state index contributed by atoms with van der Waals surface area (Å²) in [5.41, 5.74) is 4.00. The van der Waals surface area contributed by atoms with Crippen molar-refractivity contribution in [1.82, 2.24) is 0 Å². The van der Waals surface area contributed by atoms with Crippen LogP contribution in [0.25, 0.3) is 0 Å². The average Bonchev–Trinajstić information content (AvgIpc) is 3.54. The first-order chi connectivity index (χ1) is 25.0. The van der Waals surface area contributed by atoms with Gasteiger partial charge in [-0.25, -0.2) is 4.39 Å². The Morgan fingerprint density at radius 3 is 1.82 bits per heavy atom. The van der Waals surface area contributed by atoms with Gasteiger partial charge in [-0.3, -0.25) is 0 Å². The van der Waals surface area contributed by atoms with Crippen molar-refractivity contribution in [3.05, 3.63) is 172 Å². The molecule has 2 aliphatic rings. The second-order valence-electron chi connectivity index (χ2n) is 13.0. The van der Waals surface area contributed by atoms with Crippen LogP contribution in [-0.2, 0) is 55.7 Å². The minimum absolute atomic E-state index is 0.0593. The minimum atomic E-state index is -1.52. The Labute approximate surface area is 304 Å². The molecule has 5 atom stereocenters. The Morgan fingerprint density at radius 2 is 1.25 bits per heavy atom. The monoisotopic (exact) mass is 708 g/mol. The first kappa shape index (κ1) is 35.3. The highest BCUT2D eigenvalue weighted by atomic mass is 35.5. The third-order valence-electron chi connectivity index (χ3n) is 9.51. The normalized spacial score (nSPS) is 24.0. The molecule has 0 amide bonds. The Hall–Kier alpha value is -4.08. The van der Waals surface area contributed by atoms with Gasteiger partial charge in [0.25, 0.3) is 0 Å². The van der Waals surface area contributed by atoms with Crippen molar-refractivity contribution in [1.29, 1.82) is 0 Å². The van der Waals surface area contributed by atoms with Gasteiger partial charge in [-0.15, -0.1) is 0 Å². The third-order valence-corrected chi connectivity index (χ3v) is 9.88. The number of alkyl halides is 1. The van der Waals surface area contributed by atoms with Crippen LogP contribution in [-0.4, -0.2) is 43.8 Å². The number of rotatable bonds is 15. The second kappa shape index (κ2) is 16.1. The summed E-state index contributed by atoms with van der Waals surface area (Å²) in [4.78, 5) is 0. The van der Waals surface area contributed by atoms with Crippen LogP contribution in [0.3, 0.4) is 0 Å². The van der Waals surface area contributed by atoms with Crippen molar-refractivity contribution < 1.29 is 32.8 Å². The summed E-state index contributed by atoms with van der Waals surface area (Å²) in [6.07, 6.45) is -1.95. The molecular weight excluding hydrogens is 667 g/mol. The van der Waals surface area contributed by atoms with E-state index in [1.807, 2.05) is 140 Å². The lowest BCUT2D eigenvalue weighted by atomic mass is 9.83. The lowest BCUT2D eigenvalue weighted by Gasteiger charge is -2.50. The van der Waals surface area contributed by atoms with Gasteiger partial charge >= 0.3 is 0 Å². The minimum Gasteiger partial charge on any atom is -0.494 e. The molecule has 2 fully saturated rings. The molecule has 0 N–H and O–H groups in total. The molecule has 2 aliphatic heterocycles. The largest absolute Gasteiger partial charge is 0.494 e. The lowest BCUT2D eigenvalue weighted by molar-refractivity contribution is -0.351. The topological polar surface area (TPSA) is 55.4 Å². The van der Waals surface area contributed by atoms with Gasteiger partial charge in [0.2, 0.25) is 5.79 Å². The molecular formula is C43H42ClFO6. The summed E-state index contributed by atoms with van der Waals surface area (Å²) in [7, 11) is 0. The molecule has 7 rings (SSSR count). The van der Waals surface area contributed by atoms with E-state index in [-0.39, 0.29) is 26.4 Å². The van der Waals surface area contributed by atoms with E-state index in [0.29, 0.717) is 23.6 Å². The van der Waals surface area contributed by atoms with Gasteiger partial charge in [0.15, 0.2) is 5.60 Å². The second-order valence-corrected chi connectivity index (χ2v) is 13.4. The van der Waals surface area contributed by atoms with Crippen LogP contribution in [0.2, 0.25) is 5.02 Å². The maximum absolute atomic E-state index is 15.6. The molecule has 0 saturated carbocycles. The molecule has 0 spiro atoms. The van der Waals surface area contributed by atoms with Crippen LogP contribution in [0, 0.1) is 0 Å². The number of hydrogen-bond acceptors (Lipinski definition) is 6. The summed E-state index contributed by atoms with van der Waals surface area (Å²) in [6, 6.07) is 43.2. The Morgan fingerprint density at radius 1 is 0.686 bits per heavy atom. The highest BCUT2D eigenvalue weighted by molar-refractivity contribution is 6.31. The standard InChI is InChI=1S/C43H42ClFO6/c1-2-46-37-21-18-31(19-22-37)24-35-25-36(20-23-38(35)44)43-41(49-28-34-16-10-5-11-17-34)39(47-26-32-12-6-3-7-13-32)40(42(29-45,51-43)30-50-43)48-27-33-14-8-4-9-15-33/h3-23,25,39-41H,2,24,26-30H2,1H3/t39-,40-,41+,42-,43-/m0/s1. The summed E-state index contributed by atoms with van der Waals surface area (Å²) >= 11 is 6.82. The zero-order chi connectivity index (χ0) is 35.1. The summed E-state index contributed by atoms with van der Waals surface area (Å²) in [6.45, 7) is 2.37. The van der Waals surface area contributed by atoms with Gasteiger partial charge in [-0.1, -0.05) is 121 Å². The number of hydrogen-bond donors (Lipinski definition) is 0. The fourth-order valence-corrected chi connectivity index (χ4v) is 7.11. The van der Waals surface area contributed by atoms with Crippen molar-refractivity contribution in [3.8, 4) is 5.75 Å². The molecule has 2 saturated heterocycles. The van der Waals surface area contributed by atoms with Gasteiger partial charge in [-0.2, -0.15) is 0 Å². The van der Waals surface area contributed by atoms with Crippen LogP contribution >= 0.6 is 11.6 Å². The molecule has 0 aromatic heterocycles. The zero-order valence-electron chi connectivity index (χ0n) is 28.6. The van der Waals surface area contributed by atoms with Gasteiger partial charge < -0.3 is 28.4 Å². The lowest BCUT2D eigenvalue weighted by Crippen LogP contribution is -2.67. The molecule has 0 aliphatic carbocycles. The van der Waals surface area contributed by atoms with E-state index in [1.54, 1.807) is 0 Å². The maximum atomic E-state index is 15.6. The highest BCUT2D eigenvalue weighted by Crippen LogP contribution is 2.53. The molecule has 8 heteroatoms. The van der Waals surface area contributed by atoms with Crippen LogP contribution in [0.5, 0.6) is 5.75 Å². The van der Waals surface area contributed by atoms with Gasteiger partial charge in [-0.05, 0) is 65.4 Å². The Balaban J connectivity index is 1.28. The predicted molar refractivity (Wildman–Crippen MR) is 194 cm³/mol. The van der Waals surface area contributed by atoms with Crippen LogP contribution in [0.1, 0.15) is 40.3 Å². The molecule has 5 aromatic rings. The summed E-state index contributed by atoms with van der Waals surface area (Å²) in [5, 5.41) is 0.595. The van der Waals surface area contributed by atoms with E-state index >= 15 is 4.39 Å². The van der Waals surface area contributed by atoms with Gasteiger partial charge in [0, 0.05) is 10.6 Å². The van der Waals surface area contributed by atoms with Gasteiger partial charge in [0.05, 0.1) is 33.0 Å². The van der Waals surface area contributed by atoms with E-state index in [0.717, 1.165) is 33.6 Å². The van der Waals surface area contributed by atoms with Crippen molar-refractivity contribution in [2.24, 2.45) is 0 Å². The van der Waals surface area contributed by atoms with Crippen molar-refractivity contribution in [2.75, 3.05) is 19.9 Å². The molecule has 264 valence electrons. The van der Waals surface area contributed by atoms with Crippen molar-refractivity contribution >= 4 is 11.6 Å². The molecule has 5 aromatic carbocycles. The number of benzene rings is 5. The SMILES string of the molecule is CCOc1ccc(Cc2cc([C@]34OC[C@](CF)(O3)[C@@H](OCc3ccccc3)[C@H](OCc3ccccc3)[C@H]4OCc3ccccc3)ccc2Cl)cc1. The predicted octanol–water partition coefficient (Wildman–Crippen LogP) is 9.01. The van der Waals surface area contributed by atoms with Crippen molar-refractivity contribution in [3.63, 3.8) is 0 Å². The molecule has 2 bridgehead atoms. The summed E-state index contributed by atoms with van der Waals surface area (Å²) in [5.74, 6) is -0.714. The Bertz CT molecular complexity index is 1840. The first-order valence-corrected chi connectivity index (χ1v) is 17.8. The average molecular weight is 709 g/mol. The number of halogens is 2. The smallest absolute Gasteiger partial charge is 0.225 e. The van der Waals surface area contributed by atoms with E-state index in [9.17, 15) is 0 Å². The summed E-state index contributed by atoms with van der Waals surface area (Å²) < 4.78 is 55.1. The fraction of sp³-hybridized carbons (Fsp3) is 0.302. The molecule has 2 heterocycles. The quantitative estimate of drug-likeness (QED) is 0.108. The van der Waals surface area contributed by atoms with Crippen molar-refractivity contribution in [2.45, 2.75) is 62.9 Å². The zero-order valence-corrected chi connectivity index (χ0v) is 29.3. The third kappa shape index (κ3) is 7.75. The Kier molecular flexibility index (Phi) is 11.1. The van der Waals surface area contributed by atoms with Crippen LogP contribution in [0.15, 0.2) is 133 Å². The van der Waals surface area contributed by atoms with Crippen LogP contribution in [0.4, 0.5) is 4.39 Å². The van der Waals surface area contributed by atoms with Gasteiger partial charge in [0.1, 0.15) is 30.7 Å². The molecule has 51 heavy (non-hydrogen) atoms. The maximum Gasteiger partial charge on any atom is 0.225 e.